The summed E-state index contributed by atoms with van der Waals surface area (Å²) in [5.74, 6) is 1.06. The molecule has 0 radical (unpaired) electrons. The summed E-state index contributed by atoms with van der Waals surface area (Å²) in [7, 11) is 2.21. The highest BCUT2D eigenvalue weighted by atomic mass is 32.2. The second-order valence-corrected chi connectivity index (χ2v) is 7.81. The van der Waals surface area contributed by atoms with Crippen LogP contribution in [0.4, 0.5) is 5.69 Å². The first-order valence-corrected chi connectivity index (χ1v) is 9.39. The van der Waals surface area contributed by atoms with Gasteiger partial charge in [-0.1, -0.05) is 0 Å². The molecule has 1 N–H and O–H groups in total. The summed E-state index contributed by atoms with van der Waals surface area (Å²) in [6.07, 6.45) is 0. The highest BCUT2D eigenvalue weighted by Gasteiger charge is 2.20. The molecule has 8 nitrogen and oxygen atoms in total. The molecule has 0 aliphatic heterocycles. The van der Waals surface area contributed by atoms with E-state index in [1.54, 1.807) is 31.4 Å². The van der Waals surface area contributed by atoms with Crippen LogP contribution in [0.1, 0.15) is 0 Å². The molecule has 9 heteroatoms. The van der Waals surface area contributed by atoms with Crippen LogP contribution in [0.2, 0.25) is 0 Å². The maximum atomic E-state index is 12.3. The molecule has 0 bridgehead atoms. The third-order valence-electron chi connectivity index (χ3n) is 3.65. The second kappa shape index (κ2) is 8.74. The molecule has 2 rings (SSSR count). The number of hydrogen-bond donors (Lipinski definition) is 1. The normalized spacial score (nSPS) is 11.1. The minimum Gasteiger partial charge on any atom is -0.497 e. The lowest BCUT2D eigenvalue weighted by molar-refractivity contribution is -0.118. The van der Waals surface area contributed by atoms with E-state index in [1.165, 1.54) is 39.4 Å². The zero-order valence-corrected chi connectivity index (χ0v) is 16.4. The van der Waals surface area contributed by atoms with Crippen molar-refractivity contribution in [1.82, 2.24) is 4.31 Å². The molecule has 146 valence electrons. The van der Waals surface area contributed by atoms with E-state index in [1.807, 2.05) is 0 Å². The molecule has 0 saturated carbocycles. The van der Waals surface area contributed by atoms with Crippen molar-refractivity contribution in [3.8, 4) is 17.2 Å². The standard InChI is InChI=1S/C18H22N2O6S/c1-20(2)27(22,23)15-9-10-17(25-4)16(11-15)19-18(21)12-26-14-7-5-13(24-3)6-8-14/h5-11H,12H2,1-4H3,(H,19,21). The van der Waals surface area contributed by atoms with Gasteiger partial charge in [0.25, 0.3) is 5.91 Å². The molecule has 0 aliphatic carbocycles. The predicted octanol–water partition coefficient (Wildman–Crippen LogP) is 1.97. The first kappa shape index (κ1) is 20.5. The van der Waals surface area contributed by atoms with Gasteiger partial charge in [-0.05, 0) is 42.5 Å². The Kier molecular flexibility index (Phi) is 6.65. The van der Waals surface area contributed by atoms with Crippen LogP contribution in [0.25, 0.3) is 0 Å². The van der Waals surface area contributed by atoms with Gasteiger partial charge in [-0.25, -0.2) is 12.7 Å². The molecule has 0 atom stereocenters. The number of anilines is 1. The lowest BCUT2D eigenvalue weighted by Gasteiger charge is -2.15. The molecule has 0 heterocycles. The van der Waals surface area contributed by atoms with Crippen LogP contribution >= 0.6 is 0 Å². The number of rotatable bonds is 8. The number of nitrogens with zero attached hydrogens (tertiary/aromatic N) is 1. The largest absolute Gasteiger partial charge is 0.497 e. The molecule has 2 aromatic rings. The third-order valence-corrected chi connectivity index (χ3v) is 5.46. The number of carbonyl (C=O) groups excluding carboxylic acids is 1. The number of amides is 1. The topological polar surface area (TPSA) is 94.2 Å². The van der Waals surface area contributed by atoms with Crippen LogP contribution in [0, 0.1) is 0 Å². The molecule has 27 heavy (non-hydrogen) atoms. The quantitative estimate of drug-likeness (QED) is 0.736. The first-order chi connectivity index (χ1) is 12.8. The maximum absolute atomic E-state index is 12.3. The summed E-state index contributed by atoms with van der Waals surface area (Å²) in [4.78, 5) is 12.2. The summed E-state index contributed by atoms with van der Waals surface area (Å²) in [6.45, 7) is -0.250. The van der Waals surface area contributed by atoms with Crippen molar-refractivity contribution in [3.05, 3.63) is 42.5 Å². The Bertz CT molecular complexity index is 895. The van der Waals surface area contributed by atoms with Gasteiger partial charge in [-0.15, -0.1) is 0 Å². The van der Waals surface area contributed by atoms with E-state index in [0.29, 0.717) is 17.2 Å². The van der Waals surface area contributed by atoms with Crippen LogP contribution in [-0.4, -0.2) is 53.6 Å². The number of carbonyl (C=O) groups is 1. The van der Waals surface area contributed by atoms with E-state index < -0.39 is 15.9 Å². The fourth-order valence-electron chi connectivity index (χ4n) is 2.16. The van der Waals surface area contributed by atoms with Crippen molar-refractivity contribution in [2.45, 2.75) is 4.90 Å². The molecule has 0 saturated heterocycles. The number of ether oxygens (including phenoxy) is 3. The lowest BCUT2D eigenvalue weighted by atomic mass is 10.3. The van der Waals surface area contributed by atoms with Crippen LogP contribution in [0.15, 0.2) is 47.4 Å². The van der Waals surface area contributed by atoms with Gasteiger partial charge in [0.15, 0.2) is 6.61 Å². The Balaban J connectivity index is 2.11. The summed E-state index contributed by atoms with van der Waals surface area (Å²) in [6, 6.07) is 11.0. The van der Waals surface area contributed by atoms with E-state index in [-0.39, 0.29) is 17.2 Å². The summed E-state index contributed by atoms with van der Waals surface area (Å²) in [5.41, 5.74) is 0.240. The van der Waals surface area contributed by atoms with E-state index in [4.69, 9.17) is 14.2 Å². The smallest absolute Gasteiger partial charge is 0.262 e. The second-order valence-electron chi connectivity index (χ2n) is 5.66. The van der Waals surface area contributed by atoms with Gasteiger partial charge in [-0.3, -0.25) is 4.79 Å². The van der Waals surface area contributed by atoms with Gasteiger partial charge in [0, 0.05) is 14.1 Å². The SMILES string of the molecule is COc1ccc(OCC(=O)Nc2cc(S(=O)(=O)N(C)C)ccc2OC)cc1. The van der Waals surface area contributed by atoms with Crippen LogP contribution in [0.3, 0.4) is 0 Å². The molecule has 0 fully saturated rings. The molecule has 0 aromatic heterocycles. The monoisotopic (exact) mass is 394 g/mol. The summed E-state index contributed by atoms with van der Waals surface area (Å²) < 4.78 is 41.3. The predicted molar refractivity (Wildman–Crippen MR) is 101 cm³/mol. The van der Waals surface area contributed by atoms with Crippen molar-refractivity contribution in [3.63, 3.8) is 0 Å². The van der Waals surface area contributed by atoms with Gasteiger partial charge >= 0.3 is 0 Å². The Morgan fingerprint density at radius 1 is 1.00 bits per heavy atom. The van der Waals surface area contributed by atoms with Gasteiger partial charge in [0.2, 0.25) is 10.0 Å². The highest BCUT2D eigenvalue weighted by molar-refractivity contribution is 7.89. The van der Waals surface area contributed by atoms with Crippen LogP contribution in [0.5, 0.6) is 17.2 Å². The minimum absolute atomic E-state index is 0.0414. The van der Waals surface area contributed by atoms with Crippen molar-refractivity contribution in [2.75, 3.05) is 40.2 Å². The van der Waals surface area contributed by atoms with Crippen molar-refractivity contribution < 1.29 is 27.4 Å². The fraction of sp³-hybridized carbons (Fsp3) is 0.278. The van der Waals surface area contributed by atoms with Crippen molar-refractivity contribution in [2.24, 2.45) is 0 Å². The molecular formula is C18H22N2O6S. The molecule has 0 aliphatic rings. The van der Waals surface area contributed by atoms with E-state index in [9.17, 15) is 13.2 Å². The highest BCUT2D eigenvalue weighted by Crippen LogP contribution is 2.28. The number of sulfonamides is 1. The van der Waals surface area contributed by atoms with Gasteiger partial charge in [0.1, 0.15) is 17.2 Å². The maximum Gasteiger partial charge on any atom is 0.262 e. The Morgan fingerprint density at radius 2 is 1.63 bits per heavy atom. The lowest BCUT2D eigenvalue weighted by Crippen LogP contribution is -2.23. The average Bonchev–Trinajstić information content (AvgIpc) is 2.66. The van der Waals surface area contributed by atoms with Crippen molar-refractivity contribution >= 4 is 21.6 Å². The number of nitrogens with one attached hydrogen (secondary N) is 1. The number of benzene rings is 2. The molecule has 0 spiro atoms. The third kappa shape index (κ3) is 5.11. The van der Waals surface area contributed by atoms with Gasteiger partial charge in [0.05, 0.1) is 24.8 Å². The van der Waals surface area contributed by atoms with Gasteiger partial charge < -0.3 is 19.5 Å². The minimum atomic E-state index is -3.64. The Labute approximate surface area is 158 Å². The van der Waals surface area contributed by atoms with Crippen LogP contribution in [-0.2, 0) is 14.8 Å². The number of hydrogen-bond acceptors (Lipinski definition) is 6. The fourth-order valence-corrected chi connectivity index (χ4v) is 3.09. The van der Waals surface area contributed by atoms with Gasteiger partial charge in [-0.2, -0.15) is 0 Å². The molecule has 1 amide bonds. The first-order valence-electron chi connectivity index (χ1n) is 7.95. The number of methoxy groups -OCH3 is 2. The summed E-state index contributed by atoms with van der Waals surface area (Å²) in [5, 5.41) is 2.61. The summed E-state index contributed by atoms with van der Waals surface area (Å²) >= 11 is 0. The average molecular weight is 394 g/mol. The molecule has 2 aromatic carbocycles. The van der Waals surface area contributed by atoms with E-state index in [0.717, 1.165) is 4.31 Å². The zero-order chi connectivity index (χ0) is 20.0. The molecular weight excluding hydrogens is 372 g/mol. The van der Waals surface area contributed by atoms with E-state index in [2.05, 4.69) is 5.32 Å². The Morgan fingerprint density at radius 3 is 2.19 bits per heavy atom. The van der Waals surface area contributed by atoms with Crippen LogP contribution < -0.4 is 19.5 Å². The van der Waals surface area contributed by atoms with E-state index >= 15 is 0 Å². The van der Waals surface area contributed by atoms with Crippen molar-refractivity contribution in [1.29, 1.82) is 0 Å². The zero-order valence-electron chi connectivity index (χ0n) is 15.6. The molecule has 0 unspecified atom stereocenters. The Hall–Kier alpha value is -2.78.